The van der Waals surface area contributed by atoms with E-state index in [1.807, 2.05) is 85.2 Å². The van der Waals surface area contributed by atoms with Gasteiger partial charge in [-0.05, 0) is 75.7 Å². The van der Waals surface area contributed by atoms with Crippen LogP contribution in [-0.2, 0) is 10.8 Å². The van der Waals surface area contributed by atoms with Gasteiger partial charge in [0.15, 0.2) is 5.65 Å². The molecule has 0 saturated heterocycles. The Morgan fingerprint density at radius 2 is 1.33 bits per heavy atom. The predicted octanol–water partition coefficient (Wildman–Crippen LogP) is 12.7. The topological polar surface area (TPSA) is 61.6 Å². The first-order valence-electron chi connectivity index (χ1n) is 25.0. The molecule has 0 unspecified atom stereocenters. The summed E-state index contributed by atoms with van der Waals surface area (Å²) in [5.74, 6) is 2.44. The molecule has 0 radical (unpaired) electrons. The third-order valence-electron chi connectivity index (χ3n) is 10.7. The Labute approximate surface area is 370 Å². The minimum absolute atomic E-state index is 0.135. The second-order valence-corrected chi connectivity index (χ2v) is 16.9. The fraction of sp³-hybridized carbons (Fsp3) is 0.148. The van der Waals surface area contributed by atoms with Gasteiger partial charge in [0.2, 0.25) is 0 Å². The summed E-state index contributed by atoms with van der Waals surface area (Å²) < 4.78 is 99.1. The molecule has 0 N–H and O–H groups in total. The lowest BCUT2D eigenvalue weighted by Gasteiger charge is -2.20. The molecule has 7 nitrogen and oxygen atoms in total. The van der Waals surface area contributed by atoms with Crippen molar-refractivity contribution in [2.24, 2.45) is 0 Å². The summed E-state index contributed by atoms with van der Waals surface area (Å²) in [5.41, 5.74) is 4.24. The van der Waals surface area contributed by atoms with Crippen molar-refractivity contribution in [2.75, 3.05) is 0 Å². The van der Waals surface area contributed by atoms with Gasteiger partial charge >= 0.3 is 0 Å². The van der Waals surface area contributed by atoms with Gasteiger partial charge in [-0.1, -0.05) is 150 Å². The molecule has 0 aliphatic rings. The van der Waals surface area contributed by atoms with Gasteiger partial charge in [-0.2, -0.15) is 0 Å². The van der Waals surface area contributed by atoms with Crippen molar-refractivity contribution in [3.05, 3.63) is 188 Å². The Balaban J connectivity index is 1.15. The van der Waals surface area contributed by atoms with E-state index in [2.05, 4.69) is 58.5 Å². The minimum atomic E-state index is -0.570. The van der Waals surface area contributed by atoms with Crippen LogP contribution in [0.15, 0.2) is 170 Å². The van der Waals surface area contributed by atoms with Crippen LogP contribution in [-0.4, -0.2) is 24.1 Å². The van der Waals surface area contributed by atoms with Gasteiger partial charge in [-0.3, -0.25) is 13.7 Å². The smallest absolute Gasteiger partial charge is 0.269 e. The number of benzene rings is 6. The predicted molar refractivity (Wildman–Crippen MR) is 246 cm³/mol. The summed E-state index contributed by atoms with van der Waals surface area (Å²) in [6.07, 6.45) is 7.13. The number of imidazole rings is 1. The first-order chi connectivity index (χ1) is 33.6. The van der Waals surface area contributed by atoms with E-state index in [1.165, 1.54) is 0 Å². The maximum Gasteiger partial charge on any atom is 0.269 e. The number of pyridine rings is 1. The van der Waals surface area contributed by atoms with Crippen LogP contribution >= 0.6 is 0 Å². The molecule has 4 aromatic heterocycles. The molecule has 0 spiro atoms. The third-order valence-corrected chi connectivity index (χ3v) is 10.7. The standard InChI is InChI=1S/C54H46N6O/c1-53(2,3)38-29-30-55-49(31-38)60-48-33-41(27-28-44(48)45-34-56-52(54(4,5)6)57-51(45)60)61-40-22-15-21-39(32-40)58-35-59(47-26-14-13-25-46(47)58)50-42(36-17-9-7-10-18-36)23-16-24-43(50)37-19-11-8-12-20-37/h7-34H,1-6H3/i7D,8D,9D,10D,11D,12D,17D,18D,19D,20D. The maximum atomic E-state index is 9.02. The largest absolute Gasteiger partial charge is 0.458 e. The number of nitrogens with zero attached hydrogens (tertiary/aromatic N) is 6. The lowest BCUT2D eigenvalue weighted by molar-refractivity contribution is -0.571. The average molecular weight is 805 g/mol. The average Bonchev–Trinajstić information content (AvgIpc) is 3.89. The van der Waals surface area contributed by atoms with E-state index in [0.717, 1.165) is 27.5 Å². The van der Waals surface area contributed by atoms with Gasteiger partial charge < -0.3 is 4.74 Å². The van der Waals surface area contributed by atoms with Gasteiger partial charge in [0.05, 0.1) is 41.6 Å². The summed E-state index contributed by atoms with van der Waals surface area (Å²) in [7, 11) is 0. The number of para-hydroxylation sites is 3. The third kappa shape index (κ3) is 6.92. The van der Waals surface area contributed by atoms with Crippen molar-refractivity contribution in [2.45, 2.75) is 52.4 Å². The highest BCUT2D eigenvalue weighted by Crippen LogP contribution is 2.38. The highest BCUT2D eigenvalue weighted by Gasteiger charge is 2.24. The summed E-state index contributed by atoms with van der Waals surface area (Å²) in [4.78, 5) is 14.7. The minimum Gasteiger partial charge on any atom is -0.458 e. The van der Waals surface area contributed by atoms with Crippen molar-refractivity contribution in [1.29, 1.82) is 0 Å². The maximum absolute atomic E-state index is 9.02. The molecule has 7 heteroatoms. The van der Waals surface area contributed by atoms with E-state index in [4.69, 9.17) is 33.4 Å². The number of hydrogen-bond acceptors (Lipinski definition) is 4. The molecule has 0 bridgehead atoms. The number of hydrogen-bond donors (Lipinski definition) is 0. The van der Waals surface area contributed by atoms with E-state index in [1.54, 1.807) is 27.3 Å². The van der Waals surface area contributed by atoms with Crippen LogP contribution in [0.1, 0.15) is 66.6 Å². The number of ether oxygens (including phenoxy) is 1. The van der Waals surface area contributed by atoms with Crippen LogP contribution < -0.4 is 9.30 Å². The van der Waals surface area contributed by atoms with Gasteiger partial charge in [0, 0.05) is 34.6 Å². The fourth-order valence-electron chi connectivity index (χ4n) is 7.63. The monoisotopic (exact) mass is 804 g/mol. The molecule has 10 rings (SSSR count). The summed E-state index contributed by atoms with van der Waals surface area (Å²) in [6, 6.07) is 24.3. The van der Waals surface area contributed by atoms with Crippen molar-refractivity contribution in [3.8, 4) is 50.9 Å². The lowest BCUT2D eigenvalue weighted by Crippen LogP contribution is -2.31. The van der Waals surface area contributed by atoms with Gasteiger partial charge in [-0.25, -0.2) is 15.0 Å². The first-order valence-corrected chi connectivity index (χ1v) is 20.0. The lowest BCUT2D eigenvalue weighted by atomic mass is 9.88. The summed E-state index contributed by atoms with van der Waals surface area (Å²) in [5, 5.41) is 1.80. The molecular weight excluding hydrogens is 749 g/mol. The van der Waals surface area contributed by atoms with Crippen LogP contribution in [0.3, 0.4) is 0 Å². The van der Waals surface area contributed by atoms with E-state index in [9.17, 15) is 0 Å². The zero-order valence-corrected chi connectivity index (χ0v) is 34.5. The summed E-state index contributed by atoms with van der Waals surface area (Å²) >= 11 is 0. The van der Waals surface area contributed by atoms with Gasteiger partial charge in [0.25, 0.3) is 6.33 Å². The fourth-order valence-corrected chi connectivity index (χ4v) is 7.63. The van der Waals surface area contributed by atoms with Crippen LogP contribution in [0.4, 0.5) is 0 Å². The Morgan fingerprint density at radius 3 is 2.03 bits per heavy atom. The van der Waals surface area contributed by atoms with Crippen molar-refractivity contribution in [3.63, 3.8) is 0 Å². The van der Waals surface area contributed by atoms with E-state index < -0.39 is 60.4 Å². The molecule has 6 aromatic carbocycles. The van der Waals surface area contributed by atoms with Gasteiger partial charge in [-0.15, -0.1) is 0 Å². The highest BCUT2D eigenvalue weighted by molar-refractivity contribution is 6.08. The Hall–Kier alpha value is -7.38. The second-order valence-electron chi connectivity index (χ2n) is 16.9. The first kappa shape index (κ1) is 28.2. The molecule has 0 aliphatic heterocycles. The molecule has 0 amide bonds. The number of fused-ring (bicyclic) bond motifs is 4. The zero-order chi connectivity index (χ0) is 50.6. The number of rotatable bonds is 7. The molecule has 10 aromatic rings. The van der Waals surface area contributed by atoms with E-state index in [0.29, 0.717) is 39.9 Å². The zero-order valence-electron chi connectivity index (χ0n) is 44.5. The molecular formula is C54H46N6O. The van der Waals surface area contributed by atoms with E-state index in [-0.39, 0.29) is 38.8 Å². The number of aromatic nitrogens is 6. The Kier molecular flexibility index (Phi) is 6.79. The molecule has 4 heterocycles. The van der Waals surface area contributed by atoms with Crippen molar-refractivity contribution in [1.82, 2.24) is 24.1 Å². The van der Waals surface area contributed by atoms with Crippen molar-refractivity contribution < 1.29 is 23.0 Å². The van der Waals surface area contributed by atoms with Crippen LogP contribution in [0, 0.1) is 6.33 Å². The molecule has 298 valence electrons. The molecule has 0 atom stereocenters. The molecule has 0 aliphatic carbocycles. The summed E-state index contributed by atoms with van der Waals surface area (Å²) in [6.45, 7) is 12.7. The quantitative estimate of drug-likeness (QED) is 0.119. The van der Waals surface area contributed by atoms with Gasteiger partial charge in [0.1, 0.15) is 23.1 Å². The molecule has 0 fully saturated rings. The van der Waals surface area contributed by atoms with Crippen LogP contribution in [0.2, 0.25) is 0 Å². The second kappa shape index (κ2) is 14.7. The van der Waals surface area contributed by atoms with Crippen molar-refractivity contribution >= 4 is 33.0 Å². The Morgan fingerprint density at radius 1 is 0.639 bits per heavy atom. The van der Waals surface area contributed by atoms with Crippen LogP contribution in [0.5, 0.6) is 11.5 Å². The normalized spacial score (nSPS) is 14.4. The van der Waals surface area contributed by atoms with E-state index >= 15 is 0 Å². The Bertz CT molecular complexity index is 3710. The molecule has 0 saturated carbocycles. The SMILES string of the molecule is [2H]c1c([2H])c([2H])c(-c2cccc(-c3c([2H])c([2H])c([2H])c([2H])c3[2H])c2-[n+]2[c-]n(-c3cccc(Oc4ccc5c6cnc(C(C)(C)C)nc6n(-c6cc(C(C)(C)C)ccn6)c5c4)c3)c3ccccc32)c([2H])c1[2H]. The highest BCUT2D eigenvalue weighted by atomic mass is 16.5. The van der Waals surface area contributed by atoms with Crippen LogP contribution in [0.25, 0.3) is 72.4 Å². The molecule has 61 heavy (non-hydrogen) atoms.